The Morgan fingerprint density at radius 2 is 2.04 bits per heavy atom. The minimum atomic E-state index is -0.872. The molecule has 132 valence electrons. The van der Waals surface area contributed by atoms with Crippen LogP contribution in [-0.4, -0.2) is 22.9 Å². The van der Waals surface area contributed by atoms with E-state index in [2.05, 4.69) is 10.6 Å². The molecule has 0 heterocycles. The molecule has 24 heavy (non-hydrogen) atoms. The van der Waals surface area contributed by atoms with Gasteiger partial charge in [-0.05, 0) is 44.2 Å². The molecule has 1 aromatic carbocycles. The molecule has 0 atom stereocenters. The highest BCUT2D eigenvalue weighted by molar-refractivity contribution is 5.85. The van der Waals surface area contributed by atoms with E-state index in [1.165, 1.54) is 18.9 Å². The third-order valence-electron chi connectivity index (χ3n) is 4.54. The average Bonchev–Trinajstić information content (AvgIpc) is 3.03. The Balaban J connectivity index is 1.87. The van der Waals surface area contributed by atoms with Gasteiger partial charge in [-0.1, -0.05) is 18.9 Å². The van der Waals surface area contributed by atoms with Crippen molar-refractivity contribution in [3.63, 3.8) is 0 Å². The van der Waals surface area contributed by atoms with Crippen molar-refractivity contribution < 1.29 is 14.1 Å². The van der Waals surface area contributed by atoms with E-state index in [1.54, 1.807) is 13.8 Å². The molecule has 7 heteroatoms. The Labute approximate surface area is 141 Å². The van der Waals surface area contributed by atoms with Crippen LogP contribution in [0.3, 0.4) is 0 Å². The van der Waals surface area contributed by atoms with Gasteiger partial charge in [0.15, 0.2) is 0 Å². The van der Waals surface area contributed by atoms with E-state index < -0.39 is 22.0 Å². The Morgan fingerprint density at radius 3 is 2.62 bits per heavy atom. The number of carbonyl (C=O) groups excluding carboxylic acids is 1. The van der Waals surface area contributed by atoms with Gasteiger partial charge in [0.1, 0.15) is 0 Å². The molecule has 0 radical (unpaired) electrons. The molecule has 1 aliphatic rings. The summed E-state index contributed by atoms with van der Waals surface area (Å²) in [5.41, 5.74) is -0.807. The van der Waals surface area contributed by atoms with E-state index in [1.807, 2.05) is 0 Å². The van der Waals surface area contributed by atoms with Crippen molar-refractivity contribution in [1.82, 2.24) is 10.6 Å². The van der Waals surface area contributed by atoms with Crippen molar-refractivity contribution in [1.29, 1.82) is 0 Å². The topological polar surface area (TPSA) is 84.3 Å². The zero-order valence-corrected chi connectivity index (χ0v) is 14.1. The third-order valence-corrected chi connectivity index (χ3v) is 4.54. The van der Waals surface area contributed by atoms with Gasteiger partial charge >= 0.3 is 5.69 Å². The summed E-state index contributed by atoms with van der Waals surface area (Å²) in [7, 11) is 0. The summed E-state index contributed by atoms with van der Waals surface area (Å²) in [5, 5.41) is 16.7. The molecule has 0 aromatic heterocycles. The minimum Gasteiger partial charge on any atom is -0.354 e. The lowest BCUT2D eigenvalue weighted by Gasteiger charge is -2.26. The summed E-state index contributed by atoms with van der Waals surface area (Å²) in [5.74, 6) is -0.409. The van der Waals surface area contributed by atoms with E-state index >= 15 is 0 Å². The molecule has 1 fully saturated rings. The quantitative estimate of drug-likeness (QED) is 0.592. The maximum atomic E-state index is 13.6. The summed E-state index contributed by atoms with van der Waals surface area (Å²) in [4.78, 5) is 22.2. The van der Waals surface area contributed by atoms with E-state index in [4.69, 9.17) is 0 Å². The molecule has 0 spiro atoms. The first kappa shape index (κ1) is 18.3. The van der Waals surface area contributed by atoms with Crippen LogP contribution >= 0.6 is 0 Å². The van der Waals surface area contributed by atoms with Crippen LogP contribution in [0.25, 0.3) is 0 Å². The maximum Gasteiger partial charge on any atom is 0.304 e. The molecule has 2 rings (SSSR count). The first-order chi connectivity index (χ1) is 11.3. The van der Waals surface area contributed by atoms with Gasteiger partial charge in [0.25, 0.3) is 0 Å². The molecule has 1 amide bonds. The highest BCUT2D eigenvalue weighted by Gasteiger charge is 2.28. The fourth-order valence-electron chi connectivity index (χ4n) is 2.88. The molecular weight excluding hydrogens is 313 g/mol. The van der Waals surface area contributed by atoms with Gasteiger partial charge in [0, 0.05) is 19.2 Å². The molecule has 0 aliphatic heterocycles. The largest absolute Gasteiger partial charge is 0.354 e. The zero-order chi connectivity index (χ0) is 17.7. The van der Waals surface area contributed by atoms with Gasteiger partial charge in [-0.3, -0.25) is 20.2 Å². The van der Waals surface area contributed by atoms with Gasteiger partial charge in [0.2, 0.25) is 11.7 Å². The molecule has 6 nitrogen and oxygen atoms in total. The Kier molecular flexibility index (Phi) is 5.88. The van der Waals surface area contributed by atoms with Crippen molar-refractivity contribution in [3.8, 4) is 0 Å². The van der Waals surface area contributed by atoms with Crippen molar-refractivity contribution in [2.24, 2.45) is 5.92 Å². The van der Waals surface area contributed by atoms with Crippen LogP contribution < -0.4 is 10.6 Å². The van der Waals surface area contributed by atoms with Crippen LogP contribution in [0, 0.1) is 21.8 Å². The van der Waals surface area contributed by atoms with Crippen molar-refractivity contribution in [3.05, 3.63) is 39.7 Å². The number of hydrogen-bond donors (Lipinski definition) is 2. The highest BCUT2D eigenvalue weighted by atomic mass is 19.1. The fraction of sp³-hybridized carbons (Fsp3) is 0.588. The number of benzene rings is 1. The summed E-state index contributed by atoms with van der Waals surface area (Å²) >= 11 is 0. The van der Waals surface area contributed by atoms with Crippen LogP contribution in [0.15, 0.2) is 18.2 Å². The summed E-state index contributed by atoms with van der Waals surface area (Å²) in [6, 6.07) is 3.75. The van der Waals surface area contributed by atoms with Crippen molar-refractivity contribution >= 4 is 11.6 Å². The lowest BCUT2D eigenvalue weighted by atomic mass is 10.0. The molecule has 0 unspecified atom stereocenters. The predicted octanol–water partition coefficient (Wildman–Crippen LogP) is 2.91. The highest BCUT2D eigenvalue weighted by Crippen LogP contribution is 2.24. The number of nitro groups is 1. The van der Waals surface area contributed by atoms with E-state index in [0.717, 1.165) is 25.0 Å². The maximum absolute atomic E-state index is 13.6. The molecule has 1 aliphatic carbocycles. The fourth-order valence-corrected chi connectivity index (χ4v) is 2.88. The molecule has 2 N–H and O–H groups in total. The van der Waals surface area contributed by atoms with Gasteiger partial charge in [-0.2, -0.15) is 4.39 Å². The van der Waals surface area contributed by atoms with Crippen molar-refractivity contribution in [2.75, 3.05) is 6.54 Å². The Hall–Kier alpha value is -2.02. The second-order valence-electron chi connectivity index (χ2n) is 6.88. The van der Waals surface area contributed by atoms with Gasteiger partial charge in [-0.15, -0.1) is 0 Å². The summed E-state index contributed by atoms with van der Waals surface area (Å²) in [6.07, 6.45) is 4.79. The first-order valence-electron chi connectivity index (χ1n) is 8.26. The SMILES string of the molecule is CC(C)(NCc1ccc([N+](=O)[O-])c(F)c1)C(=O)NCC1CCCC1. The van der Waals surface area contributed by atoms with E-state index in [9.17, 15) is 19.3 Å². The third kappa shape index (κ3) is 4.74. The van der Waals surface area contributed by atoms with Gasteiger partial charge < -0.3 is 5.32 Å². The lowest BCUT2D eigenvalue weighted by molar-refractivity contribution is -0.387. The van der Waals surface area contributed by atoms with E-state index in [-0.39, 0.29) is 12.5 Å². The van der Waals surface area contributed by atoms with Crippen molar-refractivity contribution in [2.45, 2.75) is 51.6 Å². The number of halogens is 1. The summed E-state index contributed by atoms with van der Waals surface area (Å²) < 4.78 is 13.6. The molecular formula is C17H24FN3O3. The second-order valence-corrected chi connectivity index (χ2v) is 6.88. The zero-order valence-electron chi connectivity index (χ0n) is 14.1. The second kappa shape index (κ2) is 7.70. The molecule has 0 saturated heterocycles. The first-order valence-corrected chi connectivity index (χ1v) is 8.26. The average molecular weight is 337 g/mol. The van der Waals surface area contributed by atoms with Crippen LogP contribution in [0.4, 0.5) is 10.1 Å². The summed E-state index contributed by atoms with van der Waals surface area (Å²) in [6.45, 7) is 4.46. The lowest BCUT2D eigenvalue weighted by Crippen LogP contribution is -2.53. The Morgan fingerprint density at radius 1 is 1.38 bits per heavy atom. The number of hydrogen-bond acceptors (Lipinski definition) is 4. The number of carbonyl (C=O) groups is 1. The number of rotatable bonds is 7. The molecule has 1 aromatic rings. The van der Waals surface area contributed by atoms with E-state index in [0.29, 0.717) is 18.0 Å². The molecule has 0 bridgehead atoms. The standard InChI is InChI=1S/C17H24FN3O3/c1-17(2,16(22)19-10-12-5-3-4-6-12)20-11-13-7-8-15(21(23)24)14(18)9-13/h7-9,12,20H,3-6,10-11H2,1-2H3,(H,19,22). The van der Waals surface area contributed by atoms with Crippen LogP contribution in [0.2, 0.25) is 0 Å². The van der Waals surface area contributed by atoms with Crippen LogP contribution in [0.1, 0.15) is 45.1 Å². The monoisotopic (exact) mass is 337 g/mol. The number of nitrogens with one attached hydrogen (secondary N) is 2. The number of nitrogens with zero attached hydrogens (tertiary/aromatic N) is 1. The smallest absolute Gasteiger partial charge is 0.304 e. The van der Waals surface area contributed by atoms with Gasteiger partial charge in [-0.25, -0.2) is 0 Å². The predicted molar refractivity (Wildman–Crippen MR) is 88.9 cm³/mol. The van der Waals surface area contributed by atoms with Gasteiger partial charge in [0.05, 0.1) is 10.5 Å². The minimum absolute atomic E-state index is 0.100. The Bertz CT molecular complexity index is 613. The number of amides is 1. The molecule has 1 saturated carbocycles. The van der Waals surface area contributed by atoms with Crippen LogP contribution in [0.5, 0.6) is 0 Å². The van der Waals surface area contributed by atoms with Crippen LogP contribution in [-0.2, 0) is 11.3 Å². The normalized spacial score (nSPS) is 15.5. The number of nitro benzene ring substituents is 1.